The quantitative estimate of drug-likeness (QED) is 0.767. The number of nitrogens with zero attached hydrogens (tertiary/aromatic N) is 1. The first-order chi connectivity index (χ1) is 13.2. The molecule has 27 heavy (non-hydrogen) atoms. The van der Waals surface area contributed by atoms with Gasteiger partial charge >= 0.3 is 0 Å². The van der Waals surface area contributed by atoms with Crippen LogP contribution in [0.1, 0.15) is 41.0 Å². The Balaban J connectivity index is 1.37. The Morgan fingerprint density at radius 2 is 2.15 bits per heavy atom. The van der Waals surface area contributed by atoms with Crippen molar-refractivity contribution in [1.29, 1.82) is 0 Å². The highest BCUT2D eigenvalue weighted by Gasteiger charge is 2.23. The molecule has 0 spiro atoms. The average molecular weight is 367 g/mol. The summed E-state index contributed by atoms with van der Waals surface area (Å²) in [4.78, 5) is 2.46. The van der Waals surface area contributed by atoms with E-state index < -0.39 is 0 Å². The van der Waals surface area contributed by atoms with E-state index in [1.54, 1.807) is 7.11 Å². The van der Waals surface area contributed by atoms with Gasteiger partial charge in [-0.15, -0.1) is 0 Å². The Labute approximate surface area is 162 Å². The largest absolute Gasteiger partial charge is 0.496 e. The topological polar surface area (TPSA) is 30.9 Å². The molecule has 0 fully saturated rings. The van der Waals surface area contributed by atoms with E-state index in [1.807, 2.05) is 0 Å². The Morgan fingerprint density at radius 1 is 1.22 bits per heavy atom. The minimum Gasteiger partial charge on any atom is -0.496 e. The molecule has 0 bridgehead atoms. The van der Waals surface area contributed by atoms with Crippen LogP contribution in [-0.2, 0) is 24.2 Å². The monoisotopic (exact) mass is 367 g/mol. The molecular weight excluding hydrogens is 338 g/mol. The van der Waals surface area contributed by atoms with Crippen molar-refractivity contribution in [3.8, 4) is 11.5 Å². The standard InChI is InChI=1S/C23H29NO3/c1-24(12-11-17-9-10-19-15-26-16-27-23(19)13-17)14-18-5-3-7-21-20(18)6-4-8-22(21)25-2/h4,6,8-10,13,18H,3,5,7,11-12,14-16H2,1-2H3. The molecule has 2 aliphatic rings. The number of fused-ring (bicyclic) bond motifs is 2. The van der Waals surface area contributed by atoms with Crippen molar-refractivity contribution in [2.24, 2.45) is 0 Å². The van der Waals surface area contributed by atoms with E-state index in [2.05, 4.69) is 48.3 Å². The van der Waals surface area contributed by atoms with E-state index in [9.17, 15) is 0 Å². The fourth-order valence-electron chi connectivity index (χ4n) is 4.35. The van der Waals surface area contributed by atoms with Crippen LogP contribution in [0.5, 0.6) is 11.5 Å². The molecule has 2 aromatic rings. The smallest absolute Gasteiger partial charge is 0.189 e. The molecule has 1 aliphatic heterocycles. The summed E-state index contributed by atoms with van der Waals surface area (Å²) in [6, 6.07) is 13.0. The Kier molecular flexibility index (Phi) is 5.65. The van der Waals surface area contributed by atoms with Gasteiger partial charge in [0.25, 0.3) is 0 Å². The van der Waals surface area contributed by atoms with Crippen molar-refractivity contribution < 1.29 is 14.2 Å². The van der Waals surface area contributed by atoms with Gasteiger partial charge in [-0.05, 0) is 67.5 Å². The predicted octanol–water partition coefficient (Wildman–Crippen LogP) is 4.16. The molecule has 4 nitrogen and oxygen atoms in total. The van der Waals surface area contributed by atoms with Crippen LogP contribution < -0.4 is 9.47 Å². The number of hydrogen-bond donors (Lipinski definition) is 0. The van der Waals surface area contributed by atoms with Crippen molar-refractivity contribution in [2.75, 3.05) is 34.0 Å². The molecule has 4 rings (SSSR count). The lowest BCUT2D eigenvalue weighted by atomic mass is 9.82. The molecule has 0 saturated carbocycles. The van der Waals surface area contributed by atoms with Crippen LogP contribution in [0.15, 0.2) is 36.4 Å². The van der Waals surface area contributed by atoms with Crippen LogP contribution in [0.25, 0.3) is 0 Å². The Hall–Kier alpha value is -2.04. The van der Waals surface area contributed by atoms with Gasteiger partial charge < -0.3 is 19.1 Å². The van der Waals surface area contributed by atoms with Gasteiger partial charge in [-0.1, -0.05) is 24.3 Å². The first-order valence-corrected chi connectivity index (χ1v) is 9.91. The number of likely N-dealkylation sites (N-methyl/N-ethyl adjacent to an activating group) is 1. The number of benzene rings is 2. The Morgan fingerprint density at radius 3 is 3.04 bits per heavy atom. The van der Waals surface area contributed by atoms with Gasteiger partial charge in [0, 0.05) is 18.7 Å². The molecular formula is C23H29NO3. The van der Waals surface area contributed by atoms with Crippen molar-refractivity contribution in [3.63, 3.8) is 0 Å². The molecule has 1 aliphatic carbocycles. The molecule has 4 heteroatoms. The molecule has 0 radical (unpaired) electrons. The van der Waals surface area contributed by atoms with E-state index >= 15 is 0 Å². The summed E-state index contributed by atoms with van der Waals surface area (Å²) in [6.07, 6.45) is 4.68. The summed E-state index contributed by atoms with van der Waals surface area (Å²) in [5.41, 5.74) is 5.37. The zero-order valence-electron chi connectivity index (χ0n) is 16.4. The molecule has 0 amide bonds. The van der Waals surface area contributed by atoms with Gasteiger partial charge in [0.15, 0.2) is 6.79 Å². The molecule has 2 aromatic carbocycles. The number of methoxy groups -OCH3 is 1. The molecule has 144 valence electrons. The summed E-state index contributed by atoms with van der Waals surface area (Å²) in [5.74, 6) is 2.63. The highest BCUT2D eigenvalue weighted by Crippen LogP contribution is 2.37. The third-order valence-electron chi connectivity index (χ3n) is 5.81. The zero-order chi connectivity index (χ0) is 18.6. The second-order valence-electron chi connectivity index (χ2n) is 7.68. The van der Waals surface area contributed by atoms with Crippen LogP contribution in [0.4, 0.5) is 0 Å². The maximum Gasteiger partial charge on any atom is 0.189 e. The summed E-state index contributed by atoms with van der Waals surface area (Å²) < 4.78 is 16.5. The van der Waals surface area contributed by atoms with Crippen LogP contribution in [0.2, 0.25) is 0 Å². The van der Waals surface area contributed by atoms with Crippen LogP contribution in [-0.4, -0.2) is 38.9 Å². The maximum absolute atomic E-state index is 5.61. The Bertz CT molecular complexity index is 789. The normalized spacial score (nSPS) is 18.6. The van der Waals surface area contributed by atoms with Crippen molar-refractivity contribution in [3.05, 3.63) is 58.7 Å². The van der Waals surface area contributed by atoms with E-state index in [1.165, 1.54) is 29.5 Å². The summed E-state index contributed by atoms with van der Waals surface area (Å²) in [5, 5.41) is 0. The fourth-order valence-corrected chi connectivity index (χ4v) is 4.35. The highest BCUT2D eigenvalue weighted by atomic mass is 16.7. The van der Waals surface area contributed by atoms with Gasteiger partial charge in [0.2, 0.25) is 0 Å². The van der Waals surface area contributed by atoms with Crippen molar-refractivity contribution >= 4 is 0 Å². The third kappa shape index (κ3) is 4.12. The predicted molar refractivity (Wildman–Crippen MR) is 107 cm³/mol. The van der Waals surface area contributed by atoms with Gasteiger partial charge in [-0.25, -0.2) is 0 Å². The minimum atomic E-state index is 0.362. The lowest BCUT2D eigenvalue weighted by molar-refractivity contribution is -0.0164. The highest BCUT2D eigenvalue weighted by molar-refractivity contribution is 5.44. The molecule has 0 aromatic heterocycles. The fraction of sp³-hybridized carbons (Fsp3) is 0.478. The van der Waals surface area contributed by atoms with Gasteiger partial charge in [-0.3, -0.25) is 0 Å². The summed E-state index contributed by atoms with van der Waals surface area (Å²) in [7, 11) is 4.01. The lowest BCUT2D eigenvalue weighted by Gasteiger charge is -2.30. The van der Waals surface area contributed by atoms with Gasteiger partial charge in [0.05, 0.1) is 13.7 Å². The van der Waals surface area contributed by atoms with E-state index in [4.69, 9.17) is 14.2 Å². The van der Waals surface area contributed by atoms with Crippen molar-refractivity contribution in [1.82, 2.24) is 4.90 Å². The number of rotatable bonds is 6. The molecule has 0 saturated heterocycles. The second kappa shape index (κ2) is 8.32. The molecule has 0 N–H and O–H groups in total. The van der Waals surface area contributed by atoms with Crippen LogP contribution >= 0.6 is 0 Å². The first kappa shape index (κ1) is 18.3. The van der Waals surface area contributed by atoms with Gasteiger partial charge in [-0.2, -0.15) is 0 Å². The van der Waals surface area contributed by atoms with Crippen molar-refractivity contribution in [2.45, 2.75) is 38.2 Å². The third-order valence-corrected chi connectivity index (χ3v) is 5.81. The van der Waals surface area contributed by atoms with Crippen LogP contribution in [0, 0.1) is 0 Å². The molecule has 1 heterocycles. The van der Waals surface area contributed by atoms with E-state index in [0.717, 1.165) is 43.0 Å². The maximum atomic E-state index is 5.61. The minimum absolute atomic E-state index is 0.362. The van der Waals surface area contributed by atoms with Gasteiger partial charge in [0.1, 0.15) is 11.5 Å². The summed E-state index contributed by atoms with van der Waals surface area (Å²) in [6.45, 7) is 3.15. The molecule has 1 atom stereocenters. The SMILES string of the molecule is COc1cccc2c1CCCC2CN(C)CCc1ccc2c(c1)OCOC2. The molecule has 1 unspecified atom stereocenters. The lowest BCUT2D eigenvalue weighted by Crippen LogP contribution is -2.28. The van der Waals surface area contributed by atoms with Crippen LogP contribution in [0.3, 0.4) is 0 Å². The van der Waals surface area contributed by atoms with E-state index in [0.29, 0.717) is 19.3 Å². The number of ether oxygens (including phenoxy) is 3. The number of hydrogen-bond acceptors (Lipinski definition) is 4. The first-order valence-electron chi connectivity index (χ1n) is 9.91. The summed E-state index contributed by atoms with van der Waals surface area (Å²) >= 11 is 0. The van der Waals surface area contributed by atoms with E-state index in [-0.39, 0.29) is 0 Å². The zero-order valence-corrected chi connectivity index (χ0v) is 16.4. The average Bonchev–Trinajstić information content (AvgIpc) is 2.72. The second-order valence-corrected chi connectivity index (χ2v) is 7.68.